The van der Waals surface area contributed by atoms with Crippen molar-refractivity contribution in [1.29, 1.82) is 0 Å². The smallest absolute Gasteiger partial charge is 0.191 e. The molecule has 0 spiro atoms. The third kappa shape index (κ3) is 1.37. The van der Waals surface area contributed by atoms with Gasteiger partial charge in [-0.15, -0.1) is 0 Å². The minimum absolute atomic E-state index is 0.326. The Kier molecular flexibility index (Phi) is 1.92. The molecule has 0 N–H and O–H groups in total. The Morgan fingerprint density at radius 1 is 1.23 bits per heavy atom. The second-order valence-electron chi connectivity index (χ2n) is 2.66. The minimum Gasteiger partial charge on any atom is -0.619 e. The molecular formula is C9H5BrFNO. The molecule has 2 aromatic rings. The fourth-order valence-electron chi connectivity index (χ4n) is 1.20. The summed E-state index contributed by atoms with van der Waals surface area (Å²) in [4.78, 5) is 0. The Morgan fingerprint density at radius 2 is 2.00 bits per heavy atom. The van der Waals surface area contributed by atoms with Crippen molar-refractivity contribution in [3.63, 3.8) is 0 Å². The zero-order chi connectivity index (χ0) is 9.42. The van der Waals surface area contributed by atoms with Crippen LogP contribution < -0.4 is 4.73 Å². The van der Waals surface area contributed by atoms with Gasteiger partial charge in [-0.2, -0.15) is 4.73 Å². The second-order valence-corrected chi connectivity index (χ2v) is 3.52. The van der Waals surface area contributed by atoms with Crippen LogP contribution >= 0.6 is 15.9 Å². The highest BCUT2D eigenvalue weighted by molar-refractivity contribution is 9.10. The van der Waals surface area contributed by atoms with Gasteiger partial charge in [-0.3, -0.25) is 0 Å². The van der Waals surface area contributed by atoms with Crippen LogP contribution in [0.25, 0.3) is 10.8 Å². The number of hydrogen-bond acceptors (Lipinski definition) is 1. The van der Waals surface area contributed by atoms with Crippen LogP contribution in [0, 0.1) is 11.0 Å². The van der Waals surface area contributed by atoms with E-state index >= 15 is 0 Å². The van der Waals surface area contributed by atoms with E-state index in [1.165, 1.54) is 18.5 Å². The van der Waals surface area contributed by atoms with Gasteiger partial charge in [0.1, 0.15) is 5.82 Å². The van der Waals surface area contributed by atoms with Gasteiger partial charge in [-0.05, 0) is 12.1 Å². The molecule has 1 heterocycles. The molecule has 1 aromatic carbocycles. The highest BCUT2D eigenvalue weighted by Crippen LogP contribution is 2.24. The van der Waals surface area contributed by atoms with Crippen molar-refractivity contribution in [3.05, 3.63) is 46.1 Å². The third-order valence-electron chi connectivity index (χ3n) is 1.83. The average molecular weight is 242 g/mol. The Balaban J connectivity index is 2.92. The van der Waals surface area contributed by atoms with Gasteiger partial charge in [0.25, 0.3) is 0 Å². The maximum atomic E-state index is 13.2. The predicted molar refractivity (Wildman–Crippen MR) is 50.6 cm³/mol. The summed E-state index contributed by atoms with van der Waals surface area (Å²) in [6.07, 6.45) is 2.56. The van der Waals surface area contributed by atoms with E-state index in [1.54, 1.807) is 12.1 Å². The molecule has 0 fully saturated rings. The lowest BCUT2D eigenvalue weighted by molar-refractivity contribution is -0.603. The number of aromatic nitrogens is 1. The molecule has 0 unspecified atom stereocenters. The summed E-state index contributed by atoms with van der Waals surface area (Å²) in [5.41, 5.74) is 0. The molecule has 0 aliphatic heterocycles. The number of hydrogen-bond donors (Lipinski definition) is 0. The molecule has 1 aromatic heterocycles. The molecular weight excluding hydrogens is 237 g/mol. The van der Waals surface area contributed by atoms with Gasteiger partial charge in [-0.1, -0.05) is 15.9 Å². The van der Waals surface area contributed by atoms with Gasteiger partial charge >= 0.3 is 0 Å². The standard InChI is InChI=1S/C9H5BrFNO/c10-8-1-2-9(11)7-5-12(13)4-3-6(7)8/h1-5H. The first-order valence-corrected chi connectivity index (χ1v) is 4.44. The van der Waals surface area contributed by atoms with Gasteiger partial charge < -0.3 is 5.21 Å². The molecule has 13 heavy (non-hydrogen) atoms. The normalized spacial score (nSPS) is 10.6. The molecule has 0 atom stereocenters. The summed E-state index contributed by atoms with van der Waals surface area (Å²) < 4.78 is 14.5. The van der Waals surface area contributed by atoms with Crippen LogP contribution in [0.5, 0.6) is 0 Å². The molecule has 0 aliphatic rings. The van der Waals surface area contributed by atoms with Crippen LogP contribution in [0.4, 0.5) is 4.39 Å². The molecule has 2 rings (SSSR count). The van der Waals surface area contributed by atoms with Crippen LogP contribution in [0.3, 0.4) is 0 Å². The average Bonchev–Trinajstić information content (AvgIpc) is 2.12. The maximum absolute atomic E-state index is 13.2. The number of benzene rings is 1. The molecule has 0 amide bonds. The first kappa shape index (κ1) is 8.44. The second kappa shape index (κ2) is 2.96. The first-order chi connectivity index (χ1) is 6.18. The van der Waals surface area contributed by atoms with Crippen molar-refractivity contribution in [2.24, 2.45) is 0 Å². The van der Waals surface area contributed by atoms with Crippen molar-refractivity contribution in [2.45, 2.75) is 0 Å². The Bertz CT molecular complexity index is 472. The Labute approximate surface area is 82.3 Å². The number of halogens is 2. The van der Waals surface area contributed by atoms with Crippen LogP contribution in [0.1, 0.15) is 0 Å². The van der Waals surface area contributed by atoms with Crippen LogP contribution in [-0.2, 0) is 0 Å². The third-order valence-corrected chi connectivity index (χ3v) is 2.52. The summed E-state index contributed by atoms with van der Waals surface area (Å²) in [7, 11) is 0. The van der Waals surface area contributed by atoms with E-state index in [0.717, 1.165) is 4.47 Å². The van der Waals surface area contributed by atoms with E-state index in [4.69, 9.17) is 0 Å². The van der Waals surface area contributed by atoms with Crippen LogP contribution in [0.15, 0.2) is 35.1 Å². The monoisotopic (exact) mass is 241 g/mol. The zero-order valence-electron chi connectivity index (χ0n) is 6.50. The maximum Gasteiger partial charge on any atom is 0.191 e. The molecule has 66 valence electrons. The molecule has 0 aliphatic carbocycles. The Morgan fingerprint density at radius 3 is 2.77 bits per heavy atom. The van der Waals surface area contributed by atoms with Gasteiger partial charge in [0.05, 0.1) is 5.39 Å². The number of fused-ring (bicyclic) bond motifs is 1. The van der Waals surface area contributed by atoms with Gasteiger partial charge in [0, 0.05) is 15.9 Å². The van der Waals surface area contributed by atoms with E-state index in [-0.39, 0.29) is 5.82 Å². The zero-order valence-corrected chi connectivity index (χ0v) is 8.08. The number of nitrogens with zero attached hydrogens (tertiary/aromatic N) is 1. The van der Waals surface area contributed by atoms with Crippen LogP contribution in [-0.4, -0.2) is 0 Å². The van der Waals surface area contributed by atoms with Crippen LogP contribution in [0.2, 0.25) is 0 Å². The van der Waals surface area contributed by atoms with Gasteiger partial charge in [0.2, 0.25) is 0 Å². The first-order valence-electron chi connectivity index (χ1n) is 3.65. The number of pyridine rings is 1. The predicted octanol–water partition coefficient (Wildman–Crippen LogP) is 2.37. The van der Waals surface area contributed by atoms with E-state index < -0.39 is 0 Å². The molecule has 4 heteroatoms. The quantitative estimate of drug-likeness (QED) is 0.514. The lowest BCUT2D eigenvalue weighted by Crippen LogP contribution is -2.23. The van der Waals surface area contributed by atoms with E-state index in [2.05, 4.69) is 15.9 Å². The highest BCUT2D eigenvalue weighted by atomic mass is 79.9. The lowest BCUT2D eigenvalue weighted by atomic mass is 10.2. The van der Waals surface area contributed by atoms with E-state index in [1.807, 2.05) is 0 Å². The summed E-state index contributed by atoms with van der Waals surface area (Å²) >= 11 is 3.28. The summed E-state index contributed by atoms with van der Waals surface area (Å²) in [6, 6.07) is 4.52. The van der Waals surface area contributed by atoms with Crippen molar-refractivity contribution < 1.29 is 9.12 Å². The van der Waals surface area contributed by atoms with Gasteiger partial charge in [-0.25, -0.2) is 4.39 Å². The topological polar surface area (TPSA) is 26.9 Å². The number of rotatable bonds is 0. The molecule has 0 radical (unpaired) electrons. The van der Waals surface area contributed by atoms with E-state index in [9.17, 15) is 9.60 Å². The molecule has 2 nitrogen and oxygen atoms in total. The fraction of sp³-hybridized carbons (Fsp3) is 0. The Hall–Kier alpha value is -1.16. The van der Waals surface area contributed by atoms with Crippen molar-refractivity contribution in [2.75, 3.05) is 0 Å². The van der Waals surface area contributed by atoms with Crippen molar-refractivity contribution in [1.82, 2.24) is 0 Å². The van der Waals surface area contributed by atoms with Crippen molar-refractivity contribution in [3.8, 4) is 0 Å². The summed E-state index contributed by atoms with van der Waals surface area (Å²) in [6.45, 7) is 0. The summed E-state index contributed by atoms with van der Waals surface area (Å²) in [5, 5.41) is 11.9. The summed E-state index contributed by atoms with van der Waals surface area (Å²) in [5.74, 6) is -0.386. The van der Waals surface area contributed by atoms with E-state index in [0.29, 0.717) is 15.5 Å². The molecule has 0 saturated carbocycles. The molecule has 0 bridgehead atoms. The van der Waals surface area contributed by atoms with Crippen molar-refractivity contribution >= 4 is 26.7 Å². The highest BCUT2D eigenvalue weighted by Gasteiger charge is 2.06. The largest absolute Gasteiger partial charge is 0.619 e. The molecule has 0 saturated heterocycles. The SMILES string of the molecule is [O-][n+]1ccc2c(Br)ccc(F)c2c1. The van der Waals surface area contributed by atoms with Gasteiger partial charge in [0.15, 0.2) is 12.4 Å². The lowest BCUT2D eigenvalue weighted by Gasteiger charge is -2.01. The minimum atomic E-state index is -0.386. The fourth-order valence-corrected chi connectivity index (χ4v) is 1.68.